The molecule has 1 aromatic carbocycles. The van der Waals surface area contributed by atoms with E-state index in [1.54, 1.807) is 0 Å². The van der Waals surface area contributed by atoms with Crippen LogP contribution < -0.4 is 4.84 Å². The van der Waals surface area contributed by atoms with Crippen molar-refractivity contribution in [3.63, 3.8) is 0 Å². The van der Waals surface area contributed by atoms with Crippen LogP contribution in [0.4, 0.5) is 0 Å². The molecule has 0 radical (unpaired) electrons. The Labute approximate surface area is 130 Å². The van der Waals surface area contributed by atoms with Gasteiger partial charge in [-0.1, -0.05) is 26.0 Å². The highest BCUT2D eigenvalue weighted by molar-refractivity contribution is 5.47. The first kappa shape index (κ1) is 16.4. The van der Waals surface area contributed by atoms with Gasteiger partial charge in [0.1, 0.15) is 0 Å². The number of benzene rings is 1. The molecule has 0 amide bonds. The maximum absolute atomic E-state index is 6.24. The van der Waals surface area contributed by atoms with Gasteiger partial charge in [0.2, 0.25) is 0 Å². The molecule has 0 aliphatic heterocycles. The van der Waals surface area contributed by atoms with E-state index in [0.29, 0.717) is 0 Å². The summed E-state index contributed by atoms with van der Waals surface area (Å²) in [6.45, 7) is 13.4. The van der Waals surface area contributed by atoms with Crippen molar-refractivity contribution in [3.8, 4) is 5.75 Å². The quantitative estimate of drug-likeness (QED) is 0.742. The molecule has 21 heavy (non-hydrogen) atoms. The zero-order valence-electron chi connectivity index (χ0n) is 14.8. The normalized spacial score (nSPS) is 19.0. The minimum Gasteiger partial charge on any atom is -0.405 e. The van der Waals surface area contributed by atoms with E-state index in [4.69, 9.17) is 4.84 Å². The molecule has 0 saturated heterocycles. The van der Waals surface area contributed by atoms with E-state index in [1.807, 2.05) is 12.1 Å². The molecule has 1 aliphatic carbocycles. The van der Waals surface area contributed by atoms with Gasteiger partial charge in [0, 0.05) is 18.2 Å². The molecule has 1 atom stereocenters. The van der Waals surface area contributed by atoms with E-state index in [1.165, 1.54) is 29.5 Å². The van der Waals surface area contributed by atoms with Crippen LogP contribution in [-0.4, -0.2) is 17.6 Å². The average Bonchev–Trinajstić information content (AvgIpc) is 2.40. The van der Waals surface area contributed by atoms with Gasteiger partial charge in [-0.05, 0) is 69.9 Å². The van der Waals surface area contributed by atoms with Crippen LogP contribution in [0.15, 0.2) is 12.1 Å². The molecule has 0 fully saturated rings. The van der Waals surface area contributed by atoms with Crippen molar-refractivity contribution in [3.05, 3.63) is 28.8 Å². The number of fused-ring (bicyclic) bond motifs is 1. The molecular formula is C19H31NO. The van der Waals surface area contributed by atoms with Crippen molar-refractivity contribution in [1.29, 1.82) is 0 Å². The summed E-state index contributed by atoms with van der Waals surface area (Å²) in [6, 6.07) is 4.52. The Balaban J connectivity index is 2.29. The second-order valence-electron chi connectivity index (χ2n) is 7.86. The molecular weight excluding hydrogens is 258 g/mol. The highest BCUT2D eigenvalue weighted by Crippen LogP contribution is 2.37. The monoisotopic (exact) mass is 289 g/mol. The van der Waals surface area contributed by atoms with Gasteiger partial charge < -0.3 is 4.84 Å². The van der Waals surface area contributed by atoms with Crippen molar-refractivity contribution in [1.82, 2.24) is 5.06 Å². The van der Waals surface area contributed by atoms with Gasteiger partial charge in [0.25, 0.3) is 0 Å². The lowest BCUT2D eigenvalue weighted by atomic mass is 9.77. The average molecular weight is 289 g/mol. The molecule has 0 N–H and O–H groups in total. The summed E-state index contributed by atoms with van der Waals surface area (Å²) in [5.41, 5.74) is 4.17. The first-order valence-corrected chi connectivity index (χ1v) is 8.23. The lowest BCUT2D eigenvalue weighted by Crippen LogP contribution is -2.41. The number of hydrogen-bond donors (Lipinski definition) is 0. The molecule has 1 aliphatic rings. The lowest BCUT2D eigenvalue weighted by Gasteiger charge is -2.34. The molecule has 0 heterocycles. The van der Waals surface area contributed by atoms with E-state index in [9.17, 15) is 0 Å². The van der Waals surface area contributed by atoms with E-state index in [-0.39, 0.29) is 5.54 Å². The Morgan fingerprint density at radius 1 is 1.24 bits per heavy atom. The Morgan fingerprint density at radius 3 is 2.48 bits per heavy atom. The first-order valence-electron chi connectivity index (χ1n) is 8.23. The van der Waals surface area contributed by atoms with Gasteiger partial charge in [0.05, 0.1) is 0 Å². The molecule has 118 valence electrons. The van der Waals surface area contributed by atoms with Crippen LogP contribution in [0.3, 0.4) is 0 Å². The largest absolute Gasteiger partial charge is 0.405 e. The number of rotatable bonds is 3. The van der Waals surface area contributed by atoms with Crippen LogP contribution in [0.5, 0.6) is 5.75 Å². The van der Waals surface area contributed by atoms with E-state index >= 15 is 0 Å². The maximum Gasteiger partial charge on any atom is 0.153 e. The Kier molecular flexibility index (Phi) is 4.67. The number of hydrogen-bond acceptors (Lipinski definition) is 2. The van der Waals surface area contributed by atoms with Gasteiger partial charge in [-0.2, -0.15) is 0 Å². The van der Waals surface area contributed by atoms with Gasteiger partial charge in [-0.3, -0.25) is 0 Å². The van der Waals surface area contributed by atoms with Gasteiger partial charge in [-0.15, -0.1) is 5.06 Å². The van der Waals surface area contributed by atoms with E-state index in [0.717, 1.165) is 24.0 Å². The summed E-state index contributed by atoms with van der Waals surface area (Å²) in [5, 5.41) is 1.98. The maximum atomic E-state index is 6.24. The van der Waals surface area contributed by atoms with E-state index < -0.39 is 0 Å². The molecule has 0 saturated carbocycles. The number of aryl methyl sites for hydroxylation is 1. The van der Waals surface area contributed by atoms with Crippen LogP contribution in [0.2, 0.25) is 0 Å². The molecule has 1 aromatic rings. The third-order valence-electron chi connectivity index (χ3n) is 4.92. The van der Waals surface area contributed by atoms with Crippen molar-refractivity contribution >= 4 is 0 Å². The fourth-order valence-corrected chi connectivity index (χ4v) is 2.94. The molecule has 0 spiro atoms. The SMILES string of the molecule is Cc1ccc2c(c1ON(C)C(C)(C)C)CCC(C(C)C)C2. The lowest BCUT2D eigenvalue weighted by molar-refractivity contribution is -0.103. The van der Waals surface area contributed by atoms with Crippen LogP contribution in [-0.2, 0) is 12.8 Å². The molecule has 2 heteroatoms. The second-order valence-corrected chi connectivity index (χ2v) is 7.86. The van der Waals surface area contributed by atoms with Crippen LogP contribution in [0.1, 0.15) is 57.7 Å². The van der Waals surface area contributed by atoms with E-state index in [2.05, 4.69) is 53.7 Å². The smallest absolute Gasteiger partial charge is 0.153 e. The topological polar surface area (TPSA) is 12.5 Å². The fourth-order valence-electron chi connectivity index (χ4n) is 2.94. The summed E-state index contributed by atoms with van der Waals surface area (Å²) in [6.07, 6.45) is 3.62. The summed E-state index contributed by atoms with van der Waals surface area (Å²) >= 11 is 0. The predicted octanol–water partition coefficient (Wildman–Crippen LogP) is 4.78. The van der Waals surface area contributed by atoms with Gasteiger partial charge >= 0.3 is 0 Å². The molecule has 1 unspecified atom stereocenters. The van der Waals surface area contributed by atoms with Gasteiger partial charge in [0.15, 0.2) is 5.75 Å². The molecule has 0 bridgehead atoms. The van der Waals surface area contributed by atoms with Crippen LogP contribution in [0, 0.1) is 18.8 Å². The number of nitrogens with zero attached hydrogens (tertiary/aromatic N) is 1. The minimum absolute atomic E-state index is 0.00427. The zero-order valence-corrected chi connectivity index (χ0v) is 14.8. The predicted molar refractivity (Wildman–Crippen MR) is 89.7 cm³/mol. The molecule has 2 rings (SSSR count). The standard InChI is InChI=1S/C19H31NO/c1-13(2)15-10-11-17-16(12-15)9-8-14(3)18(17)21-20(7)19(4,5)6/h8-9,13,15H,10-12H2,1-7H3. The van der Waals surface area contributed by atoms with Crippen molar-refractivity contribution in [2.75, 3.05) is 7.05 Å². The summed E-state index contributed by atoms with van der Waals surface area (Å²) in [7, 11) is 2.03. The zero-order chi connectivity index (χ0) is 15.8. The summed E-state index contributed by atoms with van der Waals surface area (Å²) in [4.78, 5) is 6.24. The number of hydroxylamine groups is 2. The Hall–Kier alpha value is -1.02. The van der Waals surface area contributed by atoms with Crippen LogP contribution in [0.25, 0.3) is 0 Å². The Morgan fingerprint density at radius 2 is 1.90 bits per heavy atom. The first-order chi connectivity index (χ1) is 9.70. The highest BCUT2D eigenvalue weighted by Gasteiger charge is 2.26. The third-order valence-corrected chi connectivity index (χ3v) is 4.92. The van der Waals surface area contributed by atoms with Crippen molar-refractivity contribution in [2.24, 2.45) is 11.8 Å². The van der Waals surface area contributed by atoms with Crippen molar-refractivity contribution < 1.29 is 4.84 Å². The Bertz CT molecular complexity index is 499. The van der Waals surface area contributed by atoms with Gasteiger partial charge in [-0.25, -0.2) is 0 Å². The fraction of sp³-hybridized carbons (Fsp3) is 0.684. The second kappa shape index (κ2) is 6.00. The minimum atomic E-state index is 0.00427. The van der Waals surface area contributed by atoms with Crippen LogP contribution >= 0.6 is 0 Å². The third kappa shape index (κ3) is 3.60. The summed E-state index contributed by atoms with van der Waals surface area (Å²) in [5.74, 6) is 2.67. The van der Waals surface area contributed by atoms with Crippen molar-refractivity contribution in [2.45, 2.75) is 66.3 Å². The highest BCUT2D eigenvalue weighted by atomic mass is 16.7. The molecule has 0 aromatic heterocycles. The molecule has 2 nitrogen and oxygen atoms in total. The summed E-state index contributed by atoms with van der Waals surface area (Å²) < 4.78 is 0.